The van der Waals surface area contributed by atoms with Crippen molar-refractivity contribution in [2.45, 2.75) is 5.54 Å². The first-order valence-electron chi connectivity index (χ1n) is 7.10. The highest BCUT2D eigenvalue weighted by molar-refractivity contribution is 5.54. The Morgan fingerprint density at radius 1 is 1.05 bits per heavy atom. The number of nitrogens with zero attached hydrogens (tertiary/aromatic N) is 2. The zero-order chi connectivity index (χ0) is 16.0. The van der Waals surface area contributed by atoms with Crippen LogP contribution in [-0.4, -0.2) is 26.1 Å². The Bertz CT molecular complexity index is 669. The molecule has 1 atom stereocenters. The molecule has 0 saturated carbocycles. The maximum atomic E-state index is 9.83. The van der Waals surface area contributed by atoms with Crippen molar-refractivity contribution in [2.24, 2.45) is 0 Å². The van der Waals surface area contributed by atoms with E-state index in [0.717, 1.165) is 16.9 Å². The Kier molecular flexibility index (Phi) is 4.98. The van der Waals surface area contributed by atoms with Gasteiger partial charge in [0.05, 0.1) is 13.2 Å². The van der Waals surface area contributed by atoms with Crippen molar-refractivity contribution in [3.63, 3.8) is 0 Å². The van der Waals surface area contributed by atoms with Gasteiger partial charge in [0.2, 0.25) is 0 Å². The van der Waals surface area contributed by atoms with Crippen molar-refractivity contribution >= 4 is 6.08 Å². The minimum absolute atomic E-state index is 0.779. The van der Waals surface area contributed by atoms with E-state index in [0.29, 0.717) is 0 Å². The van der Waals surface area contributed by atoms with Gasteiger partial charge < -0.3 is 4.74 Å². The fourth-order valence-corrected chi connectivity index (χ4v) is 2.33. The molecule has 2 aromatic rings. The van der Waals surface area contributed by atoms with E-state index in [4.69, 9.17) is 4.74 Å². The van der Waals surface area contributed by atoms with Gasteiger partial charge in [0.15, 0.2) is 5.54 Å². The van der Waals surface area contributed by atoms with Crippen LogP contribution in [0.15, 0.2) is 60.7 Å². The van der Waals surface area contributed by atoms with Crippen LogP contribution < -0.4 is 4.74 Å². The number of benzene rings is 2. The Hall–Kier alpha value is -2.57. The Labute approximate surface area is 132 Å². The molecule has 0 amide bonds. The molecule has 0 N–H and O–H groups in total. The first-order valence-corrected chi connectivity index (χ1v) is 7.10. The van der Waals surface area contributed by atoms with Crippen LogP contribution >= 0.6 is 0 Å². The SMILES string of the molecule is COc1ccc(C(C#N)(/C=C/c2ccccc2)N(C)C)cc1. The van der Waals surface area contributed by atoms with E-state index < -0.39 is 5.54 Å². The van der Waals surface area contributed by atoms with Gasteiger partial charge in [-0.15, -0.1) is 0 Å². The second kappa shape index (κ2) is 6.93. The monoisotopic (exact) mass is 292 g/mol. The number of ether oxygens (including phenoxy) is 1. The lowest BCUT2D eigenvalue weighted by Gasteiger charge is -2.31. The summed E-state index contributed by atoms with van der Waals surface area (Å²) in [5, 5.41) is 9.83. The topological polar surface area (TPSA) is 36.3 Å². The van der Waals surface area contributed by atoms with E-state index in [1.54, 1.807) is 7.11 Å². The summed E-state index contributed by atoms with van der Waals surface area (Å²) in [6, 6.07) is 20.0. The smallest absolute Gasteiger partial charge is 0.153 e. The van der Waals surface area contributed by atoms with E-state index in [-0.39, 0.29) is 0 Å². The summed E-state index contributed by atoms with van der Waals surface area (Å²) in [4.78, 5) is 1.91. The summed E-state index contributed by atoms with van der Waals surface area (Å²) in [7, 11) is 5.44. The number of nitriles is 1. The highest BCUT2D eigenvalue weighted by Crippen LogP contribution is 2.30. The predicted octanol–water partition coefficient (Wildman–Crippen LogP) is 3.69. The first-order chi connectivity index (χ1) is 10.6. The summed E-state index contributed by atoms with van der Waals surface area (Å²) >= 11 is 0. The second-order valence-electron chi connectivity index (χ2n) is 5.25. The van der Waals surface area contributed by atoms with Gasteiger partial charge in [0.1, 0.15) is 5.75 Å². The highest BCUT2D eigenvalue weighted by atomic mass is 16.5. The second-order valence-corrected chi connectivity index (χ2v) is 5.25. The number of hydrogen-bond acceptors (Lipinski definition) is 3. The summed E-state index contributed by atoms with van der Waals surface area (Å²) in [6.07, 6.45) is 3.91. The molecular weight excluding hydrogens is 272 g/mol. The molecule has 0 aliphatic carbocycles. The summed E-state index contributed by atoms with van der Waals surface area (Å²) in [5.74, 6) is 0.779. The third-order valence-corrected chi connectivity index (χ3v) is 3.72. The number of likely N-dealkylation sites (N-methyl/N-ethyl adjacent to an activating group) is 1. The largest absolute Gasteiger partial charge is 0.497 e. The maximum Gasteiger partial charge on any atom is 0.153 e. The van der Waals surface area contributed by atoms with Crippen molar-refractivity contribution < 1.29 is 4.74 Å². The van der Waals surface area contributed by atoms with Crippen molar-refractivity contribution in [3.05, 3.63) is 71.8 Å². The van der Waals surface area contributed by atoms with Crippen LogP contribution in [0.1, 0.15) is 11.1 Å². The van der Waals surface area contributed by atoms with Gasteiger partial charge in [-0.1, -0.05) is 48.5 Å². The van der Waals surface area contributed by atoms with Crippen LogP contribution in [0.25, 0.3) is 6.08 Å². The maximum absolute atomic E-state index is 9.83. The van der Waals surface area contributed by atoms with Crippen LogP contribution in [0.3, 0.4) is 0 Å². The van der Waals surface area contributed by atoms with Crippen molar-refractivity contribution in [3.8, 4) is 11.8 Å². The van der Waals surface area contributed by atoms with Gasteiger partial charge in [0.25, 0.3) is 0 Å². The van der Waals surface area contributed by atoms with E-state index >= 15 is 0 Å². The molecule has 1 unspecified atom stereocenters. The average Bonchev–Trinajstić information content (AvgIpc) is 2.57. The van der Waals surface area contributed by atoms with E-state index in [2.05, 4.69) is 6.07 Å². The molecule has 0 radical (unpaired) electrons. The van der Waals surface area contributed by atoms with Gasteiger partial charge in [0, 0.05) is 0 Å². The van der Waals surface area contributed by atoms with Crippen molar-refractivity contribution in [1.29, 1.82) is 5.26 Å². The van der Waals surface area contributed by atoms with E-state index in [1.807, 2.05) is 85.7 Å². The average molecular weight is 292 g/mol. The van der Waals surface area contributed by atoms with Crippen molar-refractivity contribution in [1.82, 2.24) is 4.90 Å². The van der Waals surface area contributed by atoms with Gasteiger partial charge in [-0.05, 0) is 43.4 Å². The van der Waals surface area contributed by atoms with Crippen LogP contribution in [0.2, 0.25) is 0 Å². The minimum Gasteiger partial charge on any atom is -0.497 e. The van der Waals surface area contributed by atoms with E-state index in [1.165, 1.54) is 0 Å². The first kappa shape index (κ1) is 15.8. The van der Waals surface area contributed by atoms with Crippen LogP contribution in [0.4, 0.5) is 0 Å². The fraction of sp³-hybridized carbons (Fsp3) is 0.211. The summed E-state index contributed by atoms with van der Waals surface area (Å²) in [6.45, 7) is 0. The molecule has 0 aromatic heterocycles. The molecule has 0 aliphatic rings. The minimum atomic E-state index is -0.817. The molecular formula is C19H20N2O. The summed E-state index contributed by atoms with van der Waals surface area (Å²) < 4.78 is 5.19. The molecule has 0 fully saturated rings. The molecule has 0 spiro atoms. The molecule has 3 heteroatoms. The molecule has 0 saturated heterocycles. The van der Waals surface area contributed by atoms with Gasteiger partial charge in [-0.3, -0.25) is 4.90 Å². The number of rotatable bonds is 5. The molecule has 22 heavy (non-hydrogen) atoms. The lowest BCUT2D eigenvalue weighted by molar-refractivity contribution is 0.276. The van der Waals surface area contributed by atoms with Crippen LogP contribution in [0.5, 0.6) is 5.75 Å². The molecule has 0 aliphatic heterocycles. The third-order valence-electron chi connectivity index (χ3n) is 3.72. The highest BCUT2D eigenvalue weighted by Gasteiger charge is 2.32. The third kappa shape index (κ3) is 3.19. The molecule has 112 valence electrons. The zero-order valence-corrected chi connectivity index (χ0v) is 13.2. The molecule has 2 aromatic carbocycles. The van der Waals surface area contributed by atoms with Gasteiger partial charge in [-0.2, -0.15) is 5.26 Å². The summed E-state index contributed by atoms with van der Waals surface area (Å²) in [5.41, 5.74) is 1.16. The van der Waals surface area contributed by atoms with Crippen molar-refractivity contribution in [2.75, 3.05) is 21.2 Å². The van der Waals surface area contributed by atoms with Crippen LogP contribution in [0, 0.1) is 11.3 Å². The predicted molar refractivity (Wildman–Crippen MR) is 89.4 cm³/mol. The Morgan fingerprint density at radius 2 is 1.68 bits per heavy atom. The Balaban J connectivity index is 2.43. The Morgan fingerprint density at radius 3 is 2.18 bits per heavy atom. The lowest BCUT2D eigenvalue weighted by atomic mass is 9.89. The van der Waals surface area contributed by atoms with Crippen LogP contribution in [-0.2, 0) is 5.54 Å². The molecule has 2 rings (SSSR count). The zero-order valence-electron chi connectivity index (χ0n) is 13.2. The lowest BCUT2D eigenvalue weighted by Crippen LogP contribution is -2.38. The normalized spacial score (nSPS) is 13.8. The van der Waals surface area contributed by atoms with Gasteiger partial charge in [-0.25, -0.2) is 0 Å². The molecule has 0 bridgehead atoms. The molecule has 3 nitrogen and oxygen atoms in total. The quantitative estimate of drug-likeness (QED) is 0.843. The number of hydrogen-bond donors (Lipinski definition) is 0. The van der Waals surface area contributed by atoms with E-state index in [9.17, 15) is 5.26 Å². The number of methoxy groups -OCH3 is 1. The van der Waals surface area contributed by atoms with Gasteiger partial charge >= 0.3 is 0 Å². The standard InChI is InChI=1S/C19H20N2O/c1-21(2)19(15-20,14-13-16-7-5-4-6-8-16)17-9-11-18(22-3)12-10-17/h4-14H,1-3H3/b14-13+. The fourth-order valence-electron chi connectivity index (χ4n) is 2.33. The molecule has 0 heterocycles.